The van der Waals surface area contributed by atoms with Crippen LogP contribution in [0.5, 0.6) is 0 Å². The van der Waals surface area contributed by atoms with Crippen LogP contribution in [-0.2, 0) is 9.53 Å². The number of halogens is 1. The van der Waals surface area contributed by atoms with Crippen LogP contribution in [0.25, 0.3) is 0 Å². The minimum Gasteiger partial charge on any atom is -0.381 e. The molecule has 0 saturated carbocycles. The maximum absolute atomic E-state index is 13.8. The number of fused-ring (bicyclic) bond motifs is 1. The van der Waals surface area contributed by atoms with Crippen molar-refractivity contribution in [2.45, 2.75) is 20.3 Å². The third kappa shape index (κ3) is 3.67. The van der Waals surface area contributed by atoms with E-state index in [1.165, 1.54) is 6.07 Å². The van der Waals surface area contributed by atoms with E-state index in [2.05, 4.69) is 5.32 Å². The van der Waals surface area contributed by atoms with Crippen LogP contribution in [0.3, 0.4) is 0 Å². The number of hydrogen-bond acceptors (Lipinski definition) is 3. The lowest BCUT2D eigenvalue weighted by atomic mass is 9.73. The van der Waals surface area contributed by atoms with Crippen LogP contribution in [-0.4, -0.2) is 61.1 Å². The Balaban J connectivity index is 1.73. The quantitative estimate of drug-likeness (QED) is 0.894. The predicted octanol–water partition coefficient (Wildman–Crippen LogP) is 2.56. The molecule has 0 bridgehead atoms. The largest absolute Gasteiger partial charge is 0.381 e. The van der Waals surface area contributed by atoms with Gasteiger partial charge >= 0.3 is 6.03 Å². The Morgan fingerprint density at radius 2 is 2.04 bits per heavy atom. The van der Waals surface area contributed by atoms with Gasteiger partial charge in [-0.3, -0.25) is 4.79 Å². The lowest BCUT2D eigenvalue weighted by molar-refractivity contribution is -0.133. The van der Waals surface area contributed by atoms with E-state index in [-0.39, 0.29) is 29.0 Å². The average molecular weight is 363 g/mol. The SMILES string of the molecule is CCOC[C@@]12CCN(C(C)=O)C[C@@H]1CN(C(=O)Nc1ccccc1F)C2. The fourth-order valence-electron chi connectivity index (χ4n) is 4.02. The van der Waals surface area contributed by atoms with Gasteiger partial charge in [-0.05, 0) is 25.5 Å². The fraction of sp³-hybridized carbons (Fsp3) is 0.579. The molecule has 3 rings (SSSR count). The van der Waals surface area contributed by atoms with Gasteiger partial charge in [0.2, 0.25) is 5.91 Å². The number of para-hydroxylation sites is 1. The smallest absolute Gasteiger partial charge is 0.321 e. The molecule has 142 valence electrons. The summed E-state index contributed by atoms with van der Waals surface area (Å²) in [5.41, 5.74) is 0.0331. The first-order valence-electron chi connectivity index (χ1n) is 9.09. The second-order valence-electron chi connectivity index (χ2n) is 7.20. The van der Waals surface area contributed by atoms with Crippen molar-refractivity contribution in [3.05, 3.63) is 30.1 Å². The van der Waals surface area contributed by atoms with Gasteiger partial charge in [-0.1, -0.05) is 12.1 Å². The van der Waals surface area contributed by atoms with E-state index in [0.29, 0.717) is 39.4 Å². The summed E-state index contributed by atoms with van der Waals surface area (Å²) in [5, 5.41) is 2.66. The number of rotatable bonds is 4. The number of piperidine rings is 1. The van der Waals surface area contributed by atoms with Gasteiger partial charge in [0.05, 0.1) is 12.3 Å². The minimum atomic E-state index is -0.454. The normalized spacial score (nSPS) is 25.1. The Labute approximate surface area is 153 Å². The molecular formula is C19H26FN3O3. The van der Waals surface area contributed by atoms with Crippen molar-refractivity contribution in [1.82, 2.24) is 9.80 Å². The molecule has 0 aliphatic carbocycles. The van der Waals surface area contributed by atoms with E-state index in [1.54, 1.807) is 30.0 Å². The molecule has 2 aliphatic heterocycles. The van der Waals surface area contributed by atoms with Crippen LogP contribution in [0.4, 0.5) is 14.9 Å². The molecule has 2 aliphatic rings. The van der Waals surface area contributed by atoms with Gasteiger partial charge in [-0.2, -0.15) is 0 Å². The minimum absolute atomic E-state index is 0.0595. The molecule has 1 N–H and O–H groups in total. The van der Waals surface area contributed by atoms with Crippen LogP contribution in [0.15, 0.2) is 24.3 Å². The Hall–Kier alpha value is -2.15. The van der Waals surface area contributed by atoms with Gasteiger partial charge in [-0.25, -0.2) is 9.18 Å². The number of ether oxygens (including phenoxy) is 1. The number of amides is 3. The molecule has 1 aromatic carbocycles. The maximum Gasteiger partial charge on any atom is 0.321 e. The van der Waals surface area contributed by atoms with Crippen molar-refractivity contribution in [3.8, 4) is 0 Å². The van der Waals surface area contributed by atoms with Gasteiger partial charge < -0.3 is 19.9 Å². The highest BCUT2D eigenvalue weighted by Crippen LogP contribution is 2.43. The summed E-state index contributed by atoms with van der Waals surface area (Å²) >= 11 is 0. The fourth-order valence-corrected chi connectivity index (χ4v) is 4.02. The summed E-state index contributed by atoms with van der Waals surface area (Å²) in [7, 11) is 0. The summed E-state index contributed by atoms with van der Waals surface area (Å²) in [4.78, 5) is 28.0. The lowest BCUT2D eigenvalue weighted by Crippen LogP contribution is -2.50. The second-order valence-corrected chi connectivity index (χ2v) is 7.20. The molecule has 0 radical (unpaired) electrons. The van der Waals surface area contributed by atoms with Crippen molar-refractivity contribution in [2.75, 3.05) is 44.7 Å². The summed E-state index contributed by atoms with van der Waals surface area (Å²) in [6.45, 7) is 7.13. The molecule has 26 heavy (non-hydrogen) atoms. The Bertz CT molecular complexity index is 684. The molecule has 1 aromatic rings. The third-order valence-electron chi connectivity index (χ3n) is 5.57. The molecule has 2 fully saturated rings. The molecule has 7 heteroatoms. The molecule has 2 heterocycles. The van der Waals surface area contributed by atoms with Crippen molar-refractivity contribution in [1.29, 1.82) is 0 Å². The Morgan fingerprint density at radius 3 is 2.73 bits per heavy atom. The van der Waals surface area contributed by atoms with Gasteiger partial charge in [0.1, 0.15) is 5.82 Å². The monoisotopic (exact) mass is 363 g/mol. The molecule has 0 aromatic heterocycles. The molecule has 3 amide bonds. The molecule has 2 atom stereocenters. The highest BCUT2D eigenvalue weighted by Gasteiger charge is 2.51. The molecule has 2 saturated heterocycles. The Morgan fingerprint density at radius 1 is 1.31 bits per heavy atom. The average Bonchev–Trinajstić information content (AvgIpc) is 3.01. The Kier molecular flexibility index (Phi) is 5.46. The number of nitrogens with one attached hydrogen (secondary N) is 1. The number of anilines is 1. The lowest BCUT2D eigenvalue weighted by Gasteiger charge is -2.42. The third-order valence-corrected chi connectivity index (χ3v) is 5.57. The number of urea groups is 1. The van der Waals surface area contributed by atoms with Gasteiger partial charge in [0.25, 0.3) is 0 Å². The number of carbonyl (C=O) groups is 2. The highest BCUT2D eigenvalue weighted by atomic mass is 19.1. The van der Waals surface area contributed by atoms with Crippen molar-refractivity contribution in [2.24, 2.45) is 11.3 Å². The van der Waals surface area contributed by atoms with Gasteiger partial charge in [-0.15, -0.1) is 0 Å². The van der Waals surface area contributed by atoms with Crippen molar-refractivity contribution in [3.63, 3.8) is 0 Å². The number of benzene rings is 1. The van der Waals surface area contributed by atoms with Crippen LogP contribution >= 0.6 is 0 Å². The zero-order chi connectivity index (χ0) is 18.7. The number of likely N-dealkylation sites (tertiary alicyclic amines) is 2. The van der Waals surface area contributed by atoms with Crippen LogP contribution < -0.4 is 5.32 Å². The van der Waals surface area contributed by atoms with E-state index >= 15 is 0 Å². The van der Waals surface area contributed by atoms with E-state index in [9.17, 15) is 14.0 Å². The van der Waals surface area contributed by atoms with E-state index < -0.39 is 5.82 Å². The van der Waals surface area contributed by atoms with Crippen LogP contribution in [0.2, 0.25) is 0 Å². The van der Waals surface area contributed by atoms with Crippen molar-refractivity contribution < 1.29 is 18.7 Å². The van der Waals surface area contributed by atoms with Gasteiger partial charge in [0.15, 0.2) is 0 Å². The first-order valence-corrected chi connectivity index (χ1v) is 9.09. The van der Waals surface area contributed by atoms with E-state index in [1.807, 2.05) is 11.8 Å². The number of carbonyl (C=O) groups excluding carboxylic acids is 2. The van der Waals surface area contributed by atoms with Crippen molar-refractivity contribution >= 4 is 17.6 Å². The standard InChI is InChI=1S/C19H26FN3O3/c1-3-26-13-19-8-9-22(14(2)24)10-15(19)11-23(12-19)18(25)21-17-7-5-4-6-16(17)20/h4-7,15H,3,8-13H2,1-2H3,(H,21,25)/t15-,19+/m1/s1. The summed E-state index contributed by atoms with van der Waals surface area (Å²) in [6.07, 6.45) is 0.806. The first kappa shape index (κ1) is 18.6. The first-order chi connectivity index (χ1) is 12.4. The van der Waals surface area contributed by atoms with Crippen LogP contribution in [0.1, 0.15) is 20.3 Å². The molecule has 0 unspecified atom stereocenters. The molecule has 6 nitrogen and oxygen atoms in total. The molecular weight excluding hydrogens is 337 g/mol. The second kappa shape index (κ2) is 7.61. The van der Waals surface area contributed by atoms with Gasteiger partial charge in [0, 0.05) is 51.0 Å². The molecule has 0 spiro atoms. The van der Waals surface area contributed by atoms with Crippen LogP contribution in [0, 0.1) is 17.2 Å². The number of hydrogen-bond donors (Lipinski definition) is 1. The summed E-state index contributed by atoms with van der Waals surface area (Å²) in [6, 6.07) is 5.83. The van der Waals surface area contributed by atoms with E-state index in [4.69, 9.17) is 4.74 Å². The zero-order valence-corrected chi connectivity index (χ0v) is 15.3. The topological polar surface area (TPSA) is 61.9 Å². The predicted molar refractivity (Wildman–Crippen MR) is 96.3 cm³/mol. The van der Waals surface area contributed by atoms with E-state index in [0.717, 1.165) is 6.42 Å². The zero-order valence-electron chi connectivity index (χ0n) is 15.3. The maximum atomic E-state index is 13.8. The number of nitrogens with zero attached hydrogens (tertiary/aromatic N) is 2. The highest BCUT2D eigenvalue weighted by molar-refractivity contribution is 5.89. The summed E-state index contributed by atoms with van der Waals surface area (Å²) in [5.74, 6) is -0.230. The summed E-state index contributed by atoms with van der Waals surface area (Å²) < 4.78 is 19.5.